The van der Waals surface area contributed by atoms with Gasteiger partial charge in [-0.1, -0.05) is 134 Å². The summed E-state index contributed by atoms with van der Waals surface area (Å²) in [5.74, 6) is -4.06. The zero-order valence-electron chi connectivity index (χ0n) is 41.4. The molecule has 0 aromatic heterocycles. The molecular weight excluding hydrogens is 833 g/mol. The lowest BCUT2D eigenvalue weighted by atomic mass is 9.84. The minimum atomic E-state index is -0.695. The van der Waals surface area contributed by atoms with Crippen LogP contribution in [0.5, 0.6) is 0 Å². The number of carbonyl (C=O) groups is 8. The largest absolute Gasteiger partial charge is 0.465 e. The predicted octanol–water partition coefficient (Wildman–Crippen LogP) is 8.46. The molecule has 0 amide bonds. The lowest BCUT2D eigenvalue weighted by molar-refractivity contribution is -0.163. The second-order valence-electron chi connectivity index (χ2n) is 17.2. The zero-order chi connectivity index (χ0) is 49.1. The molecule has 0 fully saturated rings. The van der Waals surface area contributed by atoms with Crippen molar-refractivity contribution >= 4 is 47.8 Å². The van der Waals surface area contributed by atoms with Crippen LogP contribution in [0.2, 0.25) is 0 Å². The van der Waals surface area contributed by atoms with Crippen molar-refractivity contribution in [2.24, 2.45) is 34.5 Å². The molecule has 0 aliphatic rings. The van der Waals surface area contributed by atoms with Gasteiger partial charge in [-0.2, -0.15) is 0 Å². The van der Waals surface area contributed by atoms with E-state index in [-0.39, 0.29) is 50.1 Å². The van der Waals surface area contributed by atoms with Gasteiger partial charge in [-0.25, -0.2) is 0 Å². The van der Waals surface area contributed by atoms with Crippen molar-refractivity contribution in [3.8, 4) is 0 Å². The number of rotatable bonds is 34. The molecule has 0 unspecified atom stereocenters. The van der Waals surface area contributed by atoms with Gasteiger partial charge in [-0.15, -0.1) is 0 Å². The zero-order valence-corrected chi connectivity index (χ0v) is 41.4. The first-order valence-corrected chi connectivity index (χ1v) is 23.5. The van der Waals surface area contributed by atoms with Gasteiger partial charge < -0.3 is 37.9 Å². The Bertz CT molecular complexity index is 1260. The summed E-state index contributed by atoms with van der Waals surface area (Å²) in [7, 11) is 0. The number of hydrogen-bond acceptors (Lipinski definition) is 16. The van der Waals surface area contributed by atoms with Crippen LogP contribution >= 0.6 is 0 Å². The molecule has 0 saturated carbocycles. The van der Waals surface area contributed by atoms with Crippen LogP contribution < -0.4 is 0 Å². The Morgan fingerprint density at radius 3 is 0.688 bits per heavy atom. The van der Waals surface area contributed by atoms with Crippen molar-refractivity contribution in [2.45, 2.75) is 173 Å². The SMILES string of the molecule is CCC(CC)COC(=O)CC(=O)OCC(C)(C)COC(=O)CC(=O)OCC(CC)CC.CCC(CC)COC(=O)CC(=O)OCC(CC)(CC)COC(=O)CC(=O)OCC(CC)CC. The van der Waals surface area contributed by atoms with Crippen LogP contribution in [0.3, 0.4) is 0 Å². The van der Waals surface area contributed by atoms with E-state index in [4.69, 9.17) is 37.9 Å². The second kappa shape index (κ2) is 36.0. The number of hydrogen-bond donors (Lipinski definition) is 0. The fourth-order valence-corrected chi connectivity index (χ4v) is 5.58. The topological polar surface area (TPSA) is 210 Å². The van der Waals surface area contributed by atoms with Gasteiger partial charge >= 0.3 is 47.8 Å². The first-order valence-electron chi connectivity index (χ1n) is 23.5. The monoisotopic (exact) mass is 917 g/mol. The van der Waals surface area contributed by atoms with Crippen LogP contribution in [-0.4, -0.2) is 101 Å². The van der Waals surface area contributed by atoms with Crippen molar-refractivity contribution in [1.29, 1.82) is 0 Å². The van der Waals surface area contributed by atoms with Crippen molar-refractivity contribution in [3.05, 3.63) is 0 Å². The molecule has 16 nitrogen and oxygen atoms in total. The maximum absolute atomic E-state index is 12.1. The number of carbonyl (C=O) groups excluding carboxylic acids is 8. The highest BCUT2D eigenvalue weighted by Gasteiger charge is 2.31. The highest BCUT2D eigenvalue weighted by molar-refractivity contribution is 5.92. The molecule has 0 N–H and O–H groups in total. The Balaban J connectivity index is 0. The summed E-state index contributed by atoms with van der Waals surface area (Å²) in [6, 6.07) is 0. The first-order chi connectivity index (χ1) is 30.2. The van der Waals surface area contributed by atoms with Crippen LogP contribution in [0.15, 0.2) is 0 Å². The lowest BCUT2D eigenvalue weighted by Gasteiger charge is -2.30. The number of esters is 8. The van der Waals surface area contributed by atoms with Crippen molar-refractivity contribution in [3.63, 3.8) is 0 Å². The van der Waals surface area contributed by atoms with Gasteiger partial charge in [0.05, 0.1) is 39.6 Å². The van der Waals surface area contributed by atoms with E-state index in [0.29, 0.717) is 39.3 Å². The third-order valence-electron chi connectivity index (χ3n) is 11.5. The summed E-state index contributed by atoms with van der Waals surface area (Å²) in [5, 5.41) is 0. The van der Waals surface area contributed by atoms with E-state index in [1.54, 1.807) is 13.8 Å². The maximum Gasteiger partial charge on any atom is 0.317 e. The Labute approximate surface area is 383 Å². The van der Waals surface area contributed by atoms with Gasteiger partial charge in [0.25, 0.3) is 0 Å². The highest BCUT2D eigenvalue weighted by atomic mass is 16.6. The Kier molecular flexibility index (Phi) is 34.8. The molecule has 0 heterocycles. The van der Waals surface area contributed by atoms with E-state index >= 15 is 0 Å². The van der Waals surface area contributed by atoms with E-state index in [1.165, 1.54) is 0 Å². The van der Waals surface area contributed by atoms with Gasteiger partial charge in [0.2, 0.25) is 0 Å². The van der Waals surface area contributed by atoms with Crippen molar-refractivity contribution in [2.75, 3.05) is 52.9 Å². The molecule has 372 valence electrons. The van der Waals surface area contributed by atoms with E-state index < -0.39 is 84.3 Å². The van der Waals surface area contributed by atoms with Crippen LogP contribution in [0, 0.1) is 34.5 Å². The average molecular weight is 917 g/mol. The Hall–Kier alpha value is -4.24. The third kappa shape index (κ3) is 30.8. The maximum atomic E-state index is 12.1. The third-order valence-corrected chi connectivity index (χ3v) is 11.5. The fraction of sp³-hybridized carbons (Fsp3) is 0.833. The molecule has 0 aromatic carbocycles. The normalized spacial score (nSPS) is 11.4. The average Bonchev–Trinajstić information content (AvgIpc) is 3.27. The molecule has 0 atom stereocenters. The van der Waals surface area contributed by atoms with Crippen LogP contribution in [0.4, 0.5) is 0 Å². The van der Waals surface area contributed by atoms with Gasteiger partial charge in [-0.05, 0) is 36.5 Å². The second-order valence-corrected chi connectivity index (χ2v) is 17.2. The molecular formula is C48H84O16. The van der Waals surface area contributed by atoms with Crippen molar-refractivity contribution < 1.29 is 76.3 Å². The van der Waals surface area contributed by atoms with Gasteiger partial charge in [-0.3, -0.25) is 38.4 Å². The van der Waals surface area contributed by atoms with Gasteiger partial charge in [0, 0.05) is 10.8 Å². The molecule has 0 rings (SSSR count). The summed E-state index contributed by atoms with van der Waals surface area (Å²) >= 11 is 0. The fourth-order valence-electron chi connectivity index (χ4n) is 5.58. The molecule has 0 aliphatic carbocycles. The molecule has 64 heavy (non-hydrogen) atoms. The van der Waals surface area contributed by atoms with Crippen LogP contribution in [0.25, 0.3) is 0 Å². The first kappa shape index (κ1) is 61.8. The summed E-state index contributed by atoms with van der Waals surface area (Å²) in [4.78, 5) is 95.1. The molecule has 0 bridgehead atoms. The summed E-state index contributed by atoms with van der Waals surface area (Å²) < 4.78 is 41.3. The van der Waals surface area contributed by atoms with E-state index in [2.05, 4.69) is 0 Å². The van der Waals surface area contributed by atoms with Gasteiger partial charge in [0.1, 0.15) is 38.9 Å². The highest BCUT2D eigenvalue weighted by Crippen LogP contribution is 2.28. The Morgan fingerprint density at radius 2 is 0.500 bits per heavy atom. The Morgan fingerprint density at radius 1 is 0.312 bits per heavy atom. The quantitative estimate of drug-likeness (QED) is 0.0337. The van der Waals surface area contributed by atoms with Crippen LogP contribution in [0.1, 0.15) is 173 Å². The predicted molar refractivity (Wildman–Crippen MR) is 239 cm³/mol. The molecule has 0 saturated heterocycles. The van der Waals surface area contributed by atoms with E-state index in [1.807, 2.05) is 69.2 Å². The summed E-state index contributed by atoms with van der Waals surface area (Å²) in [6.45, 7) is 24.5. The van der Waals surface area contributed by atoms with Crippen molar-refractivity contribution in [1.82, 2.24) is 0 Å². The van der Waals surface area contributed by atoms with E-state index in [9.17, 15) is 38.4 Å². The molecule has 0 radical (unpaired) electrons. The molecule has 0 aromatic rings. The molecule has 0 aliphatic heterocycles. The summed E-state index contributed by atoms with van der Waals surface area (Å²) in [6.07, 6.45) is 6.55. The lowest BCUT2D eigenvalue weighted by Crippen LogP contribution is -2.34. The molecule has 16 heteroatoms. The minimum Gasteiger partial charge on any atom is -0.465 e. The minimum absolute atomic E-state index is 0.00502. The molecule has 0 spiro atoms. The van der Waals surface area contributed by atoms with Gasteiger partial charge in [0.15, 0.2) is 0 Å². The summed E-state index contributed by atoms with van der Waals surface area (Å²) in [5.41, 5.74) is -1.27. The smallest absolute Gasteiger partial charge is 0.317 e. The van der Waals surface area contributed by atoms with E-state index in [0.717, 1.165) is 51.4 Å². The standard InChI is InChI=1S/C25H44O8.C23H40O8/c1-7-19(8-2)15-30-21(26)13-23(28)32-17-25(11-5,12-6)18-33-24(29)14-22(27)31-16-20(9-3)10-4;1-7-17(8-2)13-28-19(24)11-21(26)30-15-23(5,6)16-31-22(27)12-20(25)29-14-18(9-3)10-4/h19-20H,7-18H2,1-6H3;17-18H,7-16H2,1-6H3. The van der Waals surface area contributed by atoms with Crippen LogP contribution in [-0.2, 0) is 76.3 Å². The number of ether oxygens (including phenoxy) is 8.